The van der Waals surface area contributed by atoms with Crippen LogP contribution in [0.2, 0.25) is 0 Å². The minimum atomic E-state index is -4.74. The highest BCUT2D eigenvalue weighted by atomic mass is 35.5. The van der Waals surface area contributed by atoms with Crippen molar-refractivity contribution in [1.82, 2.24) is 5.32 Å². The summed E-state index contributed by atoms with van der Waals surface area (Å²) in [4.78, 5) is 35.6. The van der Waals surface area contributed by atoms with Crippen molar-refractivity contribution in [3.05, 3.63) is 29.3 Å². The molecule has 4 saturated carbocycles. The highest BCUT2D eigenvalue weighted by Crippen LogP contribution is 2.71. The number of aryl methyl sites for hydroxylation is 1. The van der Waals surface area contributed by atoms with Crippen LogP contribution >= 0.6 is 11.6 Å². The second-order valence-corrected chi connectivity index (χ2v) is 14.7. The SMILES string of the molecule is CC(=O)N[C@@H]1[C@@H](O)C[C@@](Oc2cc(C3(OCC(F)(F)F)OOC34C3CC5CC4CC(Cl)(C5)C3)ccc2C)(C(=O)O)O[C@H]1C(O)C(O)CO. The first-order chi connectivity index (χ1) is 22.4. The molecular weight excluding hydrogens is 671 g/mol. The number of aliphatic hydroxyl groups is 4. The first kappa shape index (κ1) is 35.5. The van der Waals surface area contributed by atoms with Crippen LogP contribution in [0.15, 0.2) is 18.2 Å². The predicted molar refractivity (Wildman–Crippen MR) is 155 cm³/mol. The third-order valence-electron chi connectivity index (χ3n) is 10.6. The number of hydrogen-bond acceptors (Lipinski definition) is 11. The smallest absolute Gasteiger partial charge is 0.411 e. The number of aliphatic carboxylic acids is 1. The summed E-state index contributed by atoms with van der Waals surface area (Å²) in [5.41, 5.74) is -0.974. The van der Waals surface area contributed by atoms with Crippen molar-refractivity contribution in [2.45, 2.75) is 111 Å². The van der Waals surface area contributed by atoms with Crippen LogP contribution in [0.25, 0.3) is 0 Å². The molecule has 4 aliphatic carbocycles. The van der Waals surface area contributed by atoms with Gasteiger partial charge in [0.05, 0.1) is 25.2 Å². The third kappa shape index (κ3) is 5.76. The number of ether oxygens (including phenoxy) is 3. The van der Waals surface area contributed by atoms with Gasteiger partial charge in [-0.2, -0.15) is 18.1 Å². The van der Waals surface area contributed by atoms with Crippen LogP contribution in [0.4, 0.5) is 13.2 Å². The van der Waals surface area contributed by atoms with Gasteiger partial charge in [-0.25, -0.2) is 9.68 Å². The van der Waals surface area contributed by atoms with Crippen molar-refractivity contribution < 1.29 is 72.3 Å². The molecule has 0 aromatic heterocycles. The quantitative estimate of drug-likeness (QED) is 0.153. The Kier molecular flexibility index (Phi) is 9.03. The van der Waals surface area contributed by atoms with Crippen molar-refractivity contribution in [3.63, 3.8) is 0 Å². The summed E-state index contributed by atoms with van der Waals surface area (Å²) >= 11 is 6.94. The monoisotopic (exact) mass is 709 g/mol. The second-order valence-electron chi connectivity index (χ2n) is 13.9. The van der Waals surface area contributed by atoms with E-state index >= 15 is 0 Å². The van der Waals surface area contributed by atoms with Gasteiger partial charge in [-0.1, -0.05) is 12.1 Å². The number of carboxylic acid groups (broad SMARTS) is 1. The van der Waals surface area contributed by atoms with Crippen LogP contribution in [0.1, 0.15) is 56.6 Å². The van der Waals surface area contributed by atoms with Gasteiger partial charge >= 0.3 is 17.9 Å². The molecule has 1 spiro atoms. The number of halogens is 4. The van der Waals surface area contributed by atoms with E-state index in [-0.39, 0.29) is 29.1 Å². The number of amides is 1. The van der Waals surface area contributed by atoms with Crippen LogP contribution in [0, 0.1) is 24.7 Å². The highest BCUT2D eigenvalue weighted by Gasteiger charge is 2.79. The van der Waals surface area contributed by atoms with Gasteiger partial charge in [0.1, 0.15) is 30.7 Å². The lowest BCUT2D eigenvalue weighted by atomic mass is 9.46. The average Bonchev–Trinajstić information content (AvgIpc) is 2.97. The summed E-state index contributed by atoms with van der Waals surface area (Å²) < 4.78 is 58.5. The zero-order valence-corrected chi connectivity index (χ0v) is 26.9. The van der Waals surface area contributed by atoms with Crippen LogP contribution in [-0.2, 0) is 34.6 Å². The Morgan fingerprint density at radius 1 is 1.12 bits per heavy atom. The van der Waals surface area contributed by atoms with Gasteiger partial charge in [0.2, 0.25) is 5.91 Å². The number of benzene rings is 1. The molecule has 2 saturated heterocycles. The van der Waals surface area contributed by atoms with E-state index in [1.54, 1.807) is 0 Å². The van der Waals surface area contributed by atoms with Gasteiger partial charge in [-0.05, 0) is 68.4 Å². The molecule has 13 nitrogen and oxygen atoms in total. The zero-order chi connectivity index (χ0) is 35.0. The average molecular weight is 710 g/mol. The fourth-order valence-electron chi connectivity index (χ4n) is 8.76. The summed E-state index contributed by atoms with van der Waals surface area (Å²) in [5, 5.41) is 54.1. The standard InChI is InChI=1S/C31H39ClF3NO12/c1-14-3-4-17(31(44-13-29(33,34)35)30(47-48-31)18-5-16-6-19(30)10-27(32,8-16)9-18)7-22(14)45-28(26(42)43)11-20(39)23(36-15(2)38)25(46-28)24(41)21(40)12-37/h3-4,7,16,18-21,23-25,37,39-41H,5-6,8-13H2,1-2H3,(H,36,38)(H,42,43)/t16?,18?,19?,20-,21?,23+,24?,25+,27?,28-,30?,31?/m0/s1. The predicted octanol–water partition coefficient (Wildman–Crippen LogP) is 1.77. The Bertz CT molecular complexity index is 1420. The highest BCUT2D eigenvalue weighted by molar-refractivity contribution is 6.24. The molecule has 1 aromatic rings. The Labute approximate surface area is 278 Å². The molecule has 9 atom stereocenters. The van der Waals surface area contributed by atoms with Crippen LogP contribution in [0.5, 0.6) is 5.75 Å². The van der Waals surface area contributed by atoms with Gasteiger partial charge in [0, 0.05) is 17.4 Å². The molecule has 6 aliphatic rings. The lowest BCUT2D eigenvalue weighted by Gasteiger charge is -2.70. The number of nitrogens with one attached hydrogen (secondary N) is 1. The van der Waals surface area contributed by atoms with Gasteiger partial charge < -0.3 is 45.1 Å². The second kappa shape index (κ2) is 12.2. The maximum absolute atomic E-state index is 13.7. The Morgan fingerprint density at radius 3 is 2.31 bits per heavy atom. The Balaban J connectivity index is 1.39. The molecule has 7 rings (SSSR count). The van der Waals surface area contributed by atoms with E-state index in [0.717, 1.165) is 13.3 Å². The third-order valence-corrected chi connectivity index (χ3v) is 11.1. The Morgan fingerprint density at radius 2 is 1.79 bits per heavy atom. The number of carbonyl (C=O) groups is 2. The first-order valence-corrected chi connectivity index (χ1v) is 16.2. The van der Waals surface area contributed by atoms with Crippen molar-refractivity contribution in [2.24, 2.45) is 17.8 Å². The number of hydrogen-bond donors (Lipinski definition) is 6. The molecule has 268 valence electrons. The molecule has 6 fully saturated rings. The van der Waals surface area contributed by atoms with Gasteiger partial charge in [0.15, 0.2) is 5.60 Å². The fraction of sp³-hybridized carbons (Fsp3) is 0.742. The molecule has 0 radical (unpaired) electrons. The molecule has 4 bridgehead atoms. The van der Waals surface area contributed by atoms with Crippen LogP contribution < -0.4 is 10.1 Å². The largest absolute Gasteiger partial charge is 0.476 e. The van der Waals surface area contributed by atoms with E-state index in [4.69, 9.17) is 35.6 Å². The van der Waals surface area contributed by atoms with E-state index in [2.05, 4.69) is 5.32 Å². The van der Waals surface area contributed by atoms with Crippen molar-refractivity contribution in [3.8, 4) is 5.75 Å². The van der Waals surface area contributed by atoms with Crippen molar-refractivity contribution in [1.29, 1.82) is 0 Å². The topological polar surface area (TPSA) is 193 Å². The molecular formula is C31H39ClF3NO12. The number of aliphatic hydroxyl groups excluding tert-OH is 4. The molecule has 48 heavy (non-hydrogen) atoms. The van der Waals surface area contributed by atoms with Gasteiger partial charge in [-0.3, -0.25) is 4.79 Å². The normalized spacial score (nSPS) is 41.5. The minimum absolute atomic E-state index is 0.0509. The number of carbonyl (C=O) groups excluding carboxylic acids is 1. The first-order valence-electron chi connectivity index (χ1n) is 15.8. The van der Waals surface area contributed by atoms with Crippen molar-refractivity contribution >= 4 is 23.5 Å². The van der Waals surface area contributed by atoms with Gasteiger partial charge in [-0.15, -0.1) is 11.6 Å². The lowest BCUT2D eigenvalue weighted by molar-refractivity contribution is -0.650. The molecule has 6 N–H and O–H groups in total. The van der Waals surface area contributed by atoms with E-state index < -0.39 is 90.2 Å². The minimum Gasteiger partial charge on any atom is -0.476 e. The maximum Gasteiger partial charge on any atom is 0.411 e. The summed E-state index contributed by atoms with van der Waals surface area (Å²) in [6, 6.07) is 2.79. The lowest BCUT2D eigenvalue weighted by Crippen LogP contribution is -2.78. The van der Waals surface area contributed by atoms with Gasteiger partial charge in [0.25, 0.3) is 5.79 Å². The number of alkyl halides is 4. The summed E-state index contributed by atoms with van der Waals surface area (Å²) in [5.74, 6) is -7.80. The molecule has 1 aromatic carbocycles. The molecule has 5 unspecified atom stereocenters. The summed E-state index contributed by atoms with van der Waals surface area (Å²) in [7, 11) is 0. The Hall–Kier alpha value is -2.28. The van der Waals surface area contributed by atoms with Crippen molar-refractivity contribution in [2.75, 3.05) is 13.2 Å². The van der Waals surface area contributed by atoms with E-state index in [9.17, 15) is 48.3 Å². The fourth-order valence-corrected chi connectivity index (χ4v) is 9.35. The van der Waals surface area contributed by atoms with E-state index in [1.165, 1.54) is 25.1 Å². The molecule has 1 amide bonds. The summed E-state index contributed by atoms with van der Waals surface area (Å²) in [6.45, 7) is -0.00546. The molecule has 2 aliphatic heterocycles. The zero-order valence-electron chi connectivity index (χ0n) is 26.1. The summed E-state index contributed by atoms with van der Waals surface area (Å²) in [6.07, 6.45) is -9.87. The van der Waals surface area contributed by atoms with Crippen LogP contribution in [-0.4, -0.2) is 104 Å². The number of carboxylic acids is 1. The maximum atomic E-state index is 13.7. The molecule has 17 heteroatoms. The van der Waals surface area contributed by atoms with E-state index in [0.29, 0.717) is 31.2 Å². The van der Waals surface area contributed by atoms with E-state index in [1.807, 2.05) is 0 Å². The number of rotatable bonds is 10. The van der Waals surface area contributed by atoms with Crippen LogP contribution in [0.3, 0.4) is 0 Å². The molecule has 2 heterocycles.